The summed E-state index contributed by atoms with van der Waals surface area (Å²) in [5.41, 5.74) is 0. The molecule has 2 fully saturated rings. The summed E-state index contributed by atoms with van der Waals surface area (Å²) < 4.78 is 0. The van der Waals surface area contributed by atoms with Gasteiger partial charge in [-0.25, -0.2) is 0 Å². The monoisotopic (exact) mass is 252 g/mol. The Kier molecular flexibility index (Phi) is 6.01. The van der Waals surface area contributed by atoms with Gasteiger partial charge in [-0.15, -0.1) is 0 Å². The van der Waals surface area contributed by atoms with E-state index in [-0.39, 0.29) is 6.10 Å². The first-order valence-corrected chi connectivity index (χ1v) is 8.47. The van der Waals surface area contributed by atoms with Gasteiger partial charge in [0.1, 0.15) is 0 Å². The summed E-state index contributed by atoms with van der Waals surface area (Å²) in [6.07, 6.45) is 16.4. The topological polar surface area (TPSA) is 20.2 Å². The molecule has 0 aliphatic heterocycles. The maximum Gasteiger partial charge on any atom is 0.0543 e. The molecule has 2 aliphatic rings. The Morgan fingerprint density at radius 2 is 1.67 bits per heavy atom. The second-order valence-electron chi connectivity index (χ2n) is 6.86. The van der Waals surface area contributed by atoms with E-state index in [0.29, 0.717) is 0 Å². The fourth-order valence-electron chi connectivity index (χ4n) is 4.26. The number of unbranched alkanes of at least 4 members (excludes halogenated alkanes) is 2. The third-order valence-electron chi connectivity index (χ3n) is 5.46. The van der Waals surface area contributed by atoms with E-state index in [1.807, 2.05) is 0 Å². The minimum absolute atomic E-state index is 0.0195. The van der Waals surface area contributed by atoms with Gasteiger partial charge in [-0.05, 0) is 49.9 Å². The van der Waals surface area contributed by atoms with Gasteiger partial charge < -0.3 is 5.11 Å². The fourth-order valence-corrected chi connectivity index (χ4v) is 4.26. The highest BCUT2D eigenvalue weighted by molar-refractivity contribution is 4.82. The van der Waals surface area contributed by atoms with E-state index in [1.54, 1.807) is 0 Å². The quantitative estimate of drug-likeness (QED) is 0.688. The zero-order valence-electron chi connectivity index (χ0n) is 12.2. The van der Waals surface area contributed by atoms with Crippen LogP contribution in [0.25, 0.3) is 0 Å². The number of hydrogen-bond acceptors (Lipinski definition) is 1. The van der Waals surface area contributed by atoms with Crippen LogP contribution >= 0.6 is 0 Å². The van der Waals surface area contributed by atoms with E-state index < -0.39 is 0 Å². The minimum atomic E-state index is 0.0195. The lowest BCUT2D eigenvalue weighted by Crippen LogP contribution is -2.28. The van der Waals surface area contributed by atoms with Crippen molar-refractivity contribution in [2.45, 2.75) is 90.1 Å². The van der Waals surface area contributed by atoms with Crippen molar-refractivity contribution in [1.82, 2.24) is 0 Å². The van der Waals surface area contributed by atoms with Gasteiger partial charge in [-0.3, -0.25) is 0 Å². The Morgan fingerprint density at radius 1 is 0.889 bits per heavy atom. The van der Waals surface area contributed by atoms with Crippen LogP contribution in [-0.2, 0) is 0 Å². The molecule has 0 aromatic rings. The van der Waals surface area contributed by atoms with Crippen molar-refractivity contribution < 1.29 is 5.11 Å². The van der Waals surface area contributed by atoms with E-state index in [1.165, 1.54) is 64.2 Å². The van der Waals surface area contributed by atoms with Crippen LogP contribution in [-0.4, -0.2) is 11.2 Å². The van der Waals surface area contributed by atoms with Gasteiger partial charge in [-0.1, -0.05) is 51.9 Å². The predicted octanol–water partition coefficient (Wildman–Crippen LogP) is 4.92. The van der Waals surface area contributed by atoms with E-state index in [4.69, 9.17) is 0 Å². The number of aliphatic hydroxyl groups is 1. The molecule has 0 spiro atoms. The molecular formula is C17H32O. The van der Waals surface area contributed by atoms with Crippen molar-refractivity contribution in [3.63, 3.8) is 0 Å². The van der Waals surface area contributed by atoms with E-state index in [0.717, 1.165) is 30.6 Å². The highest BCUT2D eigenvalue weighted by Crippen LogP contribution is 2.41. The van der Waals surface area contributed by atoms with E-state index in [9.17, 15) is 5.11 Å². The lowest BCUT2D eigenvalue weighted by Gasteiger charge is -2.37. The van der Waals surface area contributed by atoms with Crippen LogP contribution in [0.15, 0.2) is 0 Å². The standard InChI is InChI=1S/C17H32O/c1-2-3-4-6-14-9-11-15(12-10-14)16-7-5-8-17(18)13-16/h14-18H,2-13H2,1H3/t14-,15+,16-,17-/m1/s1. The van der Waals surface area contributed by atoms with Crippen LogP contribution in [0, 0.1) is 17.8 Å². The molecule has 1 nitrogen and oxygen atoms in total. The first-order chi connectivity index (χ1) is 8.79. The largest absolute Gasteiger partial charge is 0.393 e. The zero-order chi connectivity index (χ0) is 12.8. The number of aliphatic hydroxyl groups excluding tert-OH is 1. The average molecular weight is 252 g/mol. The van der Waals surface area contributed by atoms with Crippen molar-refractivity contribution in [3.05, 3.63) is 0 Å². The van der Waals surface area contributed by atoms with Crippen LogP contribution in [0.4, 0.5) is 0 Å². The van der Waals surface area contributed by atoms with E-state index >= 15 is 0 Å². The van der Waals surface area contributed by atoms with Crippen molar-refractivity contribution in [3.8, 4) is 0 Å². The second kappa shape index (κ2) is 7.53. The summed E-state index contributed by atoms with van der Waals surface area (Å²) in [4.78, 5) is 0. The molecule has 0 bridgehead atoms. The number of hydrogen-bond donors (Lipinski definition) is 1. The number of rotatable bonds is 5. The Morgan fingerprint density at radius 3 is 2.33 bits per heavy atom. The molecule has 1 N–H and O–H groups in total. The normalized spacial score (nSPS) is 37.7. The summed E-state index contributed by atoms with van der Waals surface area (Å²) in [5.74, 6) is 2.83. The summed E-state index contributed by atoms with van der Waals surface area (Å²) in [6, 6.07) is 0. The molecule has 1 heteroatoms. The van der Waals surface area contributed by atoms with Crippen molar-refractivity contribution in [2.75, 3.05) is 0 Å². The van der Waals surface area contributed by atoms with Gasteiger partial charge in [-0.2, -0.15) is 0 Å². The van der Waals surface area contributed by atoms with Crippen molar-refractivity contribution in [2.24, 2.45) is 17.8 Å². The first kappa shape index (κ1) is 14.4. The van der Waals surface area contributed by atoms with Crippen LogP contribution < -0.4 is 0 Å². The maximum absolute atomic E-state index is 9.81. The first-order valence-electron chi connectivity index (χ1n) is 8.47. The van der Waals surface area contributed by atoms with Crippen LogP contribution in [0.3, 0.4) is 0 Å². The third-order valence-corrected chi connectivity index (χ3v) is 5.46. The van der Waals surface area contributed by atoms with Gasteiger partial charge in [0.2, 0.25) is 0 Å². The minimum Gasteiger partial charge on any atom is -0.393 e. The molecule has 0 radical (unpaired) electrons. The molecule has 2 saturated carbocycles. The lowest BCUT2D eigenvalue weighted by molar-refractivity contribution is 0.0640. The third kappa shape index (κ3) is 4.26. The highest BCUT2D eigenvalue weighted by atomic mass is 16.3. The molecule has 0 unspecified atom stereocenters. The smallest absolute Gasteiger partial charge is 0.0543 e. The lowest BCUT2D eigenvalue weighted by atomic mass is 9.70. The molecule has 0 amide bonds. The van der Waals surface area contributed by atoms with Crippen LogP contribution in [0.5, 0.6) is 0 Å². The van der Waals surface area contributed by atoms with Gasteiger partial charge in [0.05, 0.1) is 6.10 Å². The van der Waals surface area contributed by atoms with Gasteiger partial charge in [0.25, 0.3) is 0 Å². The van der Waals surface area contributed by atoms with Crippen LogP contribution in [0.1, 0.15) is 84.0 Å². The molecule has 0 aromatic heterocycles. The second-order valence-corrected chi connectivity index (χ2v) is 6.86. The Labute approximate surface area is 113 Å². The predicted molar refractivity (Wildman–Crippen MR) is 77.6 cm³/mol. The van der Waals surface area contributed by atoms with E-state index in [2.05, 4.69) is 6.92 Å². The molecule has 18 heavy (non-hydrogen) atoms. The average Bonchev–Trinajstić information content (AvgIpc) is 2.40. The van der Waals surface area contributed by atoms with Crippen molar-refractivity contribution >= 4 is 0 Å². The zero-order valence-corrected chi connectivity index (χ0v) is 12.2. The van der Waals surface area contributed by atoms with Gasteiger partial charge in [0.15, 0.2) is 0 Å². The molecule has 2 aliphatic carbocycles. The fraction of sp³-hybridized carbons (Fsp3) is 1.00. The van der Waals surface area contributed by atoms with Crippen molar-refractivity contribution in [1.29, 1.82) is 0 Å². The van der Waals surface area contributed by atoms with Crippen LogP contribution in [0.2, 0.25) is 0 Å². The molecule has 0 heterocycles. The molecule has 2 atom stereocenters. The molecular weight excluding hydrogens is 220 g/mol. The Hall–Kier alpha value is -0.0400. The van der Waals surface area contributed by atoms with Gasteiger partial charge >= 0.3 is 0 Å². The summed E-state index contributed by atoms with van der Waals surface area (Å²) >= 11 is 0. The summed E-state index contributed by atoms with van der Waals surface area (Å²) in [6.45, 7) is 2.30. The summed E-state index contributed by atoms with van der Waals surface area (Å²) in [7, 11) is 0. The molecule has 106 valence electrons. The summed E-state index contributed by atoms with van der Waals surface area (Å²) in [5, 5.41) is 9.81. The molecule has 0 aromatic carbocycles. The SMILES string of the molecule is CCCCC[C@H]1CC[C@@H]([C@@H]2CCC[C@@H](O)C2)CC1. The molecule has 0 saturated heterocycles. The van der Waals surface area contributed by atoms with Gasteiger partial charge in [0, 0.05) is 0 Å². The Bertz CT molecular complexity index is 218. The highest BCUT2D eigenvalue weighted by Gasteiger charge is 2.30. The Balaban J connectivity index is 1.66. The maximum atomic E-state index is 9.81. The molecule has 2 rings (SSSR count).